The van der Waals surface area contributed by atoms with E-state index in [0.717, 1.165) is 49.2 Å². The second-order valence-electron chi connectivity index (χ2n) is 7.06. The van der Waals surface area contributed by atoms with Crippen LogP contribution in [0.3, 0.4) is 0 Å². The lowest BCUT2D eigenvalue weighted by molar-refractivity contribution is 0.189. The van der Waals surface area contributed by atoms with E-state index in [2.05, 4.69) is 39.0 Å². The summed E-state index contributed by atoms with van der Waals surface area (Å²) in [5.41, 5.74) is 2.95. The Kier molecular flexibility index (Phi) is 5.78. The summed E-state index contributed by atoms with van der Waals surface area (Å²) >= 11 is 0. The molecule has 1 N–H and O–H groups in total. The van der Waals surface area contributed by atoms with Gasteiger partial charge in [-0.2, -0.15) is 0 Å². The number of ether oxygens (including phenoxy) is 2. The standard InChI is InChI=1S/C22H26N4O3/c1-28-18-13-20-19(21(14-18)29-2)15-23-22(24-20)16-3-5-17(6-4-16)26-9-7-25(8-10-26)11-12-27/h3-6,13-15,27H,7-12H2,1-2H3. The van der Waals surface area contributed by atoms with Crippen molar-refractivity contribution in [3.05, 3.63) is 42.6 Å². The van der Waals surface area contributed by atoms with E-state index in [4.69, 9.17) is 19.6 Å². The third-order valence-electron chi connectivity index (χ3n) is 5.37. The molecule has 1 aliphatic heterocycles. The number of anilines is 1. The van der Waals surface area contributed by atoms with Crippen molar-refractivity contribution in [2.24, 2.45) is 0 Å². The van der Waals surface area contributed by atoms with Crippen molar-refractivity contribution in [2.75, 3.05) is 58.5 Å². The summed E-state index contributed by atoms with van der Waals surface area (Å²) in [5.74, 6) is 2.07. The molecule has 0 amide bonds. The quantitative estimate of drug-likeness (QED) is 0.688. The first-order valence-corrected chi connectivity index (χ1v) is 9.79. The molecule has 1 aromatic heterocycles. The molecule has 152 valence electrons. The van der Waals surface area contributed by atoms with Gasteiger partial charge in [-0.3, -0.25) is 4.90 Å². The maximum absolute atomic E-state index is 9.08. The molecule has 0 unspecified atom stereocenters. The Morgan fingerprint density at radius 2 is 1.76 bits per heavy atom. The SMILES string of the molecule is COc1cc(OC)c2cnc(-c3ccc(N4CCN(CCO)CC4)cc3)nc2c1. The van der Waals surface area contributed by atoms with Gasteiger partial charge in [-0.15, -0.1) is 0 Å². The highest BCUT2D eigenvalue weighted by atomic mass is 16.5. The molecule has 0 spiro atoms. The Morgan fingerprint density at radius 3 is 2.41 bits per heavy atom. The van der Waals surface area contributed by atoms with Crippen molar-refractivity contribution >= 4 is 16.6 Å². The number of fused-ring (bicyclic) bond motifs is 1. The Bertz CT molecular complexity index is 970. The molecule has 0 radical (unpaired) electrons. The van der Waals surface area contributed by atoms with Crippen LogP contribution in [0.4, 0.5) is 5.69 Å². The maximum Gasteiger partial charge on any atom is 0.159 e. The molecule has 0 atom stereocenters. The first-order chi connectivity index (χ1) is 14.2. The molecule has 0 saturated carbocycles. The van der Waals surface area contributed by atoms with Gasteiger partial charge in [-0.05, 0) is 24.3 Å². The van der Waals surface area contributed by atoms with Gasteiger partial charge in [0.1, 0.15) is 11.5 Å². The van der Waals surface area contributed by atoms with Gasteiger partial charge in [0.2, 0.25) is 0 Å². The summed E-state index contributed by atoms with van der Waals surface area (Å²) in [6, 6.07) is 12.1. The predicted octanol–water partition coefficient (Wildman–Crippen LogP) is 2.43. The summed E-state index contributed by atoms with van der Waals surface area (Å²) in [6.45, 7) is 4.84. The van der Waals surface area contributed by atoms with Crippen molar-refractivity contribution in [1.82, 2.24) is 14.9 Å². The van der Waals surface area contributed by atoms with Crippen molar-refractivity contribution in [3.8, 4) is 22.9 Å². The van der Waals surface area contributed by atoms with Gasteiger partial charge in [0.15, 0.2) is 5.82 Å². The summed E-state index contributed by atoms with van der Waals surface area (Å²) in [5, 5.41) is 9.94. The monoisotopic (exact) mass is 394 g/mol. The van der Waals surface area contributed by atoms with E-state index in [9.17, 15) is 0 Å². The average Bonchev–Trinajstić information content (AvgIpc) is 2.78. The number of hydrogen-bond acceptors (Lipinski definition) is 7. The Balaban J connectivity index is 1.55. The Hall–Kier alpha value is -2.90. The molecule has 7 heteroatoms. The van der Waals surface area contributed by atoms with Crippen LogP contribution in [0.1, 0.15) is 0 Å². The van der Waals surface area contributed by atoms with Crippen LogP contribution in [0, 0.1) is 0 Å². The first-order valence-electron chi connectivity index (χ1n) is 9.79. The zero-order chi connectivity index (χ0) is 20.2. The normalized spacial score (nSPS) is 14.9. The molecule has 7 nitrogen and oxygen atoms in total. The lowest BCUT2D eigenvalue weighted by Crippen LogP contribution is -2.47. The fraction of sp³-hybridized carbons (Fsp3) is 0.364. The van der Waals surface area contributed by atoms with Crippen LogP contribution in [0.15, 0.2) is 42.6 Å². The smallest absolute Gasteiger partial charge is 0.159 e. The molecule has 4 rings (SSSR count). The molecular formula is C22H26N4O3. The van der Waals surface area contributed by atoms with Crippen LogP contribution in [0.2, 0.25) is 0 Å². The second kappa shape index (κ2) is 8.63. The lowest BCUT2D eigenvalue weighted by Gasteiger charge is -2.35. The minimum Gasteiger partial charge on any atom is -0.497 e. The summed E-state index contributed by atoms with van der Waals surface area (Å²) in [7, 11) is 3.26. The first kappa shape index (κ1) is 19.4. The van der Waals surface area contributed by atoms with E-state index in [-0.39, 0.29) is 6.61 Å². The molecule has 2 heterocycles. The number of aromatic nitrogens is 2. The molecule has 3 aromatic rings. The third kappa shape index (κ3) is 4.11. The molecular weight excluding hydrogens is 368 g/mol. The van der Waals surface area contributed by atoms with Crippen LogP contribution in [0.5, 0.6) is 11.5 Å². The van der Waals surface area contributed by atoms with E-state index in [1.54, 1.807) is 20.4 Å². The third-order valence-corrected chi connectivity index (χ3v) is 5.37. The van der Waals surface area contributed by atoms with Gasteiger partial charge < -0.3 is 19.5 Å². The minimum absolute atomic E-state index is 0.220. The zero-order valence-corrected chi connectivity index (χ0v) is 16.8. The van der Waals surface area contributed by atoms with Gasteiger partial charge in [-0.1, -0.05) is 0 Å². The number of aliphatic hydroxyl groups is 1. The van der Waals surface area contributed by atoms with Gasteiger partial charge in [0.05, 0.1) is 31.7 Å². The van der Waals surface area contributed by atoms with Crippen LogP contribution in [-0.2, 0) is 0 Å². The molecule has 0 aliphatic carbocycles. The summed E-state index contributed by atoms with van der Waals surface area (Å²) < 4.78 is 10.8. The van der Waals surface area contributed by atoms with Gasteiger partial charge in [0.25, 0.3) is 0 Å². The van der Waals surface area contributed by atoms with Crippen LogP contribution >= 0.6 is 0 Å². The average molecular weight is 394 g/mol. The lowest BCUT2D eigenvalue weighted by atomic mass is 10.1. The number of aliphatic hydroxyl groups excluding tert-OH is 1. The van der Waals surface area contributed by atoms with Gasteiger partial charge in [-0.25, -0.2) is 9.97 Å². The topological polar surface area (TPSA) is 71.0 Å². The van der Waals surface area contributed by atoms with E-state index in [1.165, 1.54) is 5.69 Å². The highest BCUT2D eigenvalue weighted by Gasteiger charge is 2.17. The zero-order valence-electron chi connectivity index (χ0n) is 16.8. The molecule has 0 bridgehead atoms. The number of rotatable bonds is 6. The Morgan fingerprint density at radius 1 is 1.00 bits per heavy atom. The highest BCUT2D eigenvalue weighted by Crippen LogP contribution is 2.31. The number of piperazine rings is 1. The van der Waals surface area contributed by atoms with Crippen LogP contribution in [0.25, 0.3) is 22.3 Å². The number of nitrogens with zero attached hydrogens (tertiary/aromatic N) is 4. The van der Waals surface area contributed by atoms with Crippen LogP contribution in [-0.4, -0.2) is 73.5 Å². The fourth-order valence-corrected chi connectivity index (χ4v) is 3.70. The molecule has 2 aromatic carbocycles. The Labute approximate surface area is 170 Å². The summed E-state index contributed by atoms with van der Waals surface area (Å²) in [4.78, 5) is 13.9. The molecule has 1 aliphatic rings. The summed E-state index contributed by atoms with van der Waals surface area (Å²) in [6.07, 6.45) is 1.80. The predicted molar refractivity (Wildman–Crippen MR) is 114 cm³/mol. The van der Waals surface area contributed by atoms with E-state index >= 15 is 0 Å². The van der Waals surface area contributed by atoms with E-state index in [0.29, 0.717) is 17.3 Å². The van der Waals surface area contributed by atoms with Gasteiger partial charge >= 0.3 is 0 Å². The van der Waals surface area contributed by atoms with E-state index in [1.807, 2.05) is 12.1 Å². The highest BCUT2D eigenvalue weighted by molar-refractivity contribution is 5.87. The van der Waals surface area contributed by atoms with E-state index < -0.39 is 0 Å². The maximum atomic E-state index is 9.08. The number of benzene rings is 2. The number of β-amino-alcohol motifs (C(OH)–C–C–N with tert-alkyl or cyclic N) is 1. The van der Waals surface area contributed by atoms with Crippen molar-refractivity contribution in [3.63, 3.8) is 0 Å². The van der Waals surface area contributed by atoms with Crippen molar-refractivity contribution in [2.45, 2.75) is 0 Å². The number of hydrogen-bond donors (Lipinski definition) is 1. The van der Waals surface area contributed by atoms with Crippen LogP contribution < -0.4 is 14.4 Å². The second-order valence-corrected chi connectivity index (χ2v) is 7.06. The van der Waals surface area contributed by atoms with Crippen molar-refractivity contribution in [1.29, 1.82) is 0 Å². The fourth-order valence-electron chi connectivity index (χ4n) is 3.70. The van der Waals surface area contributed by atoms with Crippen molar-refractivity contribution < 1.29 is 14.6 Å². The number of methoxy groups -OCH3 is 2. The van der Waals surface area contributed by atoms with Gasteiger partial charge in [0, 0.05) is 62.3 Å². The molecule has 29 heavy (non-hydrogen) atoms. The molecule has 1 saturated heterocycles. The largest absolute Gasteiger partial charge is 0.497 e. The minimum atomic E-state index is 0.220. The molecule has 1 fully saturated rings.